The number of benzene rings is 2. The van der Waals surface area contributed by atoms with Crippen LogP contribution in [0.5, 0.6) is 0 Å². The first-order valence-electron chi connectivity index (χ1n) is 10.6. The molecule has 0 unspecified atom stereocenters. The number of rotatable bonds is 9. The largest absolute Gasteiger partial charge is 2.00 e. The predicted octanol–water partition coefficient (Wildman–Crippen LogP) is 3.72. The van der Waals surface area contributed by atoms with E-state index in [1.807, 2.05) is 0 Å². The Hall–Kier alpha value is -3.78. The zero-order valence-electron chi connectivity index (χ0n) is 18.7. The Morgan fingerprint density at radius 3 is 2.25 bits per heavy atom. The number of pyridine rings is 1. The van der Waals surface area contributed by atoms with Gasteiger partial charge in [0, 0.05) is 35.8 Å². The molecule has 0 spiro atoms. The van der Waals surface area contributed by atoms with Crippen LogP contribution in [0.2, 0.25) is 0 Å². The van der Waals surface area contributed by atoms with Crippen molar-refractivity contribution in [1.82, 2.24) is 4.98 Å². The molecule has 0 bridgehead atoms. The molecule has 3 rings (SSSR count). The molecule has 2 aromatic carbocycles. The van der Waals surface area contributed by atoms with E-state index in [2.05, 4.69) is 15.0 Å². The van der Waals surface area contributed by atoms with Gasteiger partial charge in [-0.1, -0.05) is 54.6 Å². The van der Waals surface area contributed by atoms with Crippen molar-refractivity contribution in [3.05, 3.63) is 108 Å². The van der Waals surface area contributed by atoms with Gasteiger partial charge in [-0.3, -0.25) is 15.0 Å². The van der Waals surface area contributed by atoms with Crippen molar-refractivity contribution in [3.63, 3.8) is 0 Å². The van der Waals surface area contributed by atoms with E-state index in [1.54, 1.807) is 66.7 Å². The van der Waals surface area contributed by atoms with Crippen LogP contribution < -0.4 is 10.2 Å². The SMILES string of the molecule is O=C([O-])/C(=C\N=C(c1ccccc1)c1ccccc1N=C([O-])c1ccccn1)CCCC(F)(F)F.[Ni+2]. The number of carboxylic acid groups (broad SMARTS) is 1. The summed E-state index contributed by atoms with van der Waals surface area (Å²) in [7, 11) is 0. The van der Waals surface area contributed by atoms with Crippen LogP contribution in [0.15, 0.2) is 101 Å². The monoisotopic (exact) mass is 537 g/mol. The van der Waals surface area contributed by atoms with Crippen molar-refractivity contribution in [1.29, 1.82) is 0 Å². The molecule has 3 aromatic rings. The first-order chi connectivity index (χ1) is 16.7. The summed E-state index contributed by atoms with van der Waals surface area (Å²) in [4.78, 5) is 24.0. The van der Waals surface area contributed by atoms with E-state index in [-0.39, 0.29) is 45.6 Å². The molecule has 36 heavy (non-hydrogen) atoms. The molecule has 0 saturated carbocycles. The third kappa shape index (κ3) is 8.46. The number of carboxylic acids is 1. The Kier molecular flexibility index (Phi) is 10.6. The van der Waals surface area contributed by atoms with Crippen LogP contribution in [-0.2, 0) is 21.3 Å². The van der Waals surface area contributed by atoms with Gasteiger partial charge in [0.05, 0.1) is 23.1 Å². The number of hydrogen-bond donors (Lipinski definition) is 0. The number of nitrogens with zero attached hydrogens (tertiary/aromatic N) is 3. The van der Waals surface area contributed by atoms with Crippen LogP contribution in [-0.4, -0.2) is 28.7 Å². The van der Waals surface area contributed by atoms with Crippen LogP contribution in [0.25, 0.3) is 0 Å². The smallest absolute Gasteiger partial charge is 0.857 e. The molecule has 0 saturated heterocycles. The summed E-state index contributed by atoms with van der Waals surface area (Å²) < 4.78 is 37.4. The van der Waals surface area contributed by atoms with Gasteiger partial charge in [-0.25, -0.2) is 0 Å². The maximum Gasteiger partial charge on any atom is 2.00 e. The minimum Gasteiger partial charge on any atom is -0.857 e. The normalized spacial score (nSPS) is 12.7. The molecule has 0 N–H and O–H groups in total. The fraction of sp³-hybridized carbons (Fsp3) is 0.154. The van der Waals surface area contributed by atoms with Gasteiger partial charge in [0.2, 0.25) is 0 Å². The molecule has 6 nitrogen and oxygen atoms in total. The molecule has 0 amide bonds. The van der Waals surface area contributed by atoms with E-state index in [4.69, 9.17) is 0 Å². The number of alkyl halides is 3. The molecule has 0 aliphatic carbocycles. The standard InChI is InChI=1S/C26H22F3N3O3.Ni/c27-26(28,29)15-8-11-19(25(34)35)17-31-23(18-9-2-1-3-10-18)20-12-4-5-13-21(20)32-24(33)22-14-6-7-16-30-22;/h1-7,9-10,12-14,16-17H,8,11,15H2,(H,32,33)(H,34,35);/q;+2/p-2/b19-17-,31-23?;. The second kappa shape index (κ2) is 13.3. The number of carbonyl (C=O) groups is 1. The molecule has 0 aliphatic heterocycles. The van der Waals surface area contributed by atoms with Crippen molar-refractivity contribution >= 4 is 23.3 Å². The molecule has 10 heteroatoms. The zero-order valence-corrected chi connectivity index (χ0v) is 19.7. The van der Waals surface area contributed by atoms with Crippen molar-refractivity contribution in [2.75, 3.05) is 0 Å². The summed E-state index contributed by atoms with van der Waals surface area (Å²) in [6.07, 6.45) is -3.83. The fourth-order valence-electron chi connectivity index (χ4n) is 3.16. The van der Waals surface area contributed by atoms with Crippen LogP contribution in [0.4, 0.5) is 18.9 Å². The molecule has 0 fully saturated rings. The minimum atomic E-state index is -4.39. The molecular weight excluding hydrogens is 518 g/mol. The Morgan fingerprint density at radius 2 is 1.61 bits per heavy atom. The number of para-hydroxylation sites is 1. The summed E-state index contributed by atoms with van der Waals surface area (Å²) in [6.45, 7) is 0. The van der Waals surface area contributed by atoms with Crippen molar-refractivity contribution in [3.8, 4) is 0 Å². The number of aromatic nitrogens is 1. The second-order valence-corrected chi connectivity index (χ2v) is 7.40. The molecule has 0 radical (unpaired) electrons. The Bertz CT molecular complexity index is 1250. The van der Waals surface area contributed by atoms with Gasteiger partial charge in [-0.15, -0.1) is 0 Å². The van der Waals surface area contributed by atoms with E-state index in [1.165, 1.54) is 12.3 Å². The molecule has 0 aliphatic rings. The van der Waals surface area contributed by atoms with Crippen LogP contribution in [0, 0.1) is 0 Å². The van der Waals surface area contributed by atoms with Crippen LogP contribution >= 0.6 is 0 Å². The van der Waals surface area contributed by atoms with E-state index < -0.39 is 30.9 Å². The number of aliphatic imine (C=N–C) groups is 2. The Morgan fingerprint density at radius 1 is 0.944 bits per heavy atom. The van der Waals surface area contributed by atoms with E-state index in [0.717, 1.165) is 6.20 Å². The number of aliphatic carboxylic acids is 1. The van der Waals surface area contributed by atoms with Gasteiger partial charge in [0.15, 0.2) is 0 Å². The van der Waals surface area contributed by atoms with Crippen molar-refractivity contribution in [2.24, 2.45) is 9.98 Å². The van der Waals surface area contributed by atoms with Crippen molar-refractivity contribution in [2.45, 2.75) is 25.4 Å². The fourth-order valence-corrected chi connectivity index (χ4v) is 3.16. The van der Waals surface area contributed by atoms with Gasteiger partial charge < -0.3 is 15.0 Å². The topological polar surface area (TPSA) is 101 Å². The molecule has 1 heterocycles. The number of halogens is 3. The first-order valence-corrected chi connectivity index (χ1v) is 10.6. The van der Waals surface area contributed by atoms with Crippen LogP contribution in [0.1, 0.15) is 36.1 Å². The average molecular weight is 538 g/mol. The van der Waals surface area contributed by atoms with Gasteiger partial charge in [-0.05, 0) is 36.6 Å². The summed E-state index contributed by atoms with van der Waals surface area (Å²) >= 11 is 0. The molecule has 0 atom stereocenters. The third-order valence-electron chi connectivity index (χ3n) is 4.83. The van der Waals surface area contributed by atoms with E-state index in [0.29, 0.717) is 11.1 Å². The number of hydrogen-bond acceptors (Lipinski definition) is 6. The zero-order chi connectivity index (χ0) is 25.3. The summed E-state index contributed by atoms with van der Waals surface area (Å²) in [5.74, 6) is -2.18. The maximum absolute atomic E-state index is 12.6. The summed E-state index contributed by atoms with van der Waals surface area (Å²) in [5.41, 5.74) is 1.34. The Balaban J connectivity index is 0.00000456. The van der Waals surface area contributed by atoms with Gasteiger partial charge >= 0.3 is 22.7 Å². The van der Waals surface area contributed by atoms with E-state index in [9.17, 15) is 28.2 Å². The van der Waals surface area contributed by atoms with Crippen LogP contribution in [0.3, 0.4) is 0 Å². The summed E-state index contributed by atoms with van der Waals surface area (Å²) in [6, 6.07) is 20.2. The average Bonchev–Trinajstić information content (AvgIpc) is 2.84. The number of carbonyl (C=O) groups excluding carboxylic acids is 1. The molecule has 1 aromatic heterocycles. The van der Waals surface area contributed by atoms with Crippen molar-refractivity contribution < 1.29 is 44.7 Å². The molecule has 188 valence electrons. The first kappa shape index (κ1) is 28.5. The summed E-state index contributed by atoms with van der Waals surface area (Å²) in [5, 5.41) is 24.1. The quantitative estimate of drug-likeness (QED) is 0.180. The third-order valence-corrected chi connectivity index (χ3v) is 4.83. The van der Waals surface area contributed by atoms with Gasteiger partial charge in [0.1, 0.15) is 0 Å². The Labute approximate surface area is 215 Å². The van der Waals surface area contributed by atoms with Gasteiger partial charge in [-0.2, -0.15) is 13.2 Å². The van der Waals surface area contributed by atoms with E-state index >= 15 is 0 Å². The molecular formula is C26H20F3N3NiO3. The maximum atomic E-state index is 12.6. The predicted molar refractivity (Wildman–Crippen MR) is 122 cm³/mol. The minimum absolute atomic E-state index is 0. The van der Waals surface area contributed by atoms with Gasteiger partial charge in [0.25, 0.3) is 0 Å². The second-order valence-electron chi connectivity index (χ2n) is 7.40.